The zero-order valence-corrected chi connectivity index (χ0v) is 18.7. The molecule has 1 saturated heterocycles. The van der Waals surface area contributed by atoms with Crippen LogP contribution in [0.1, 0.15) is 39.5 Å². The van der Waals surface area contributed by atoms with E-state index in [4.69, 9.17) is 0 Å². The number of alkyl halides is 3. The number of aliphatic hydroxyl groups excluding tert-OH is 1. The molecule has 0 aromatic heterocycles. The molecule has 0 amide bonds. The van der Waals surface area contributed by atoms with Gasteiger partial charge >= 0.3 is 6.18 Å². The minimum Gasteiger partial charge on any atom is -0.393 e. The lowest BCUT2D eigenvalue weighted by molar-refractivity contribution is -0.156. The van der Waals surface area contributed by atoms with Crippen molar-refractivity contribution >= 4 is 22.1 Å². The van der Waals surface area contributed by atoms with Crippen LogP contribution in [0.5, 0.6) is 0 Å². The Morgan fingerprint density at radius 2 is 1.59 bits per heavy atom. The lowest BCUT2D eigenvalue weighted by Gasteiger charge is -2.56. The standard InChI is InChI=1S/C25H32F3N3O/c1-16-13-30(14-17(2)31(16)15-25(26,27)28)22-6-4-18-7-20(5-3-19(18)8-22)29-21-9-24(10-21)11-23(32)12-24/h3-8,16-17,21,23,29,32H,9-15H2,1-2H3. The average molecular weight is 448 g/mol. The summed E-state index contributed by atoms with van der Waals surface area (Å²) in [5.41, 5.74) is 2.57. The van der Waals surface area contributed by atoms with Crippen LogP contribution in [-0.4, -0.2) is 60.0 Å². The van der Waals surface area contributed by atoms with E-state index in [1.54, 1.807) is 4.90 Å². The molecule has 1 aliphatic heterocycles. The summed E-state index contributed by atoms with van der Waals surface area (Å²) in [5, 5.41) is 15.5. The minimum atomic E-state index is -4.17. The van der Waals surface area contributed by atoms with Gasteiger partial charge in [0.1, 0.15) is 0 Å². The van der Waals surface area contributed by atoms with Gasteiger partial charge in [0.2, 0.25) is 0 Å². The van der Waals surface area contributed by atoms with Crippen molar-refractivity contribution in [2.24, 2.45) is 5.41 Å². The summed E-state index contributed by atoms with van der Waals surface area (Å²) < 4.78 is 38.8. The van der Waals surface area contributed by atoms with E-state index in [-0.39, 0.29) is 18.2 Å². The topological polar surface area (TPSA) is 38.7 Å². The zero-order valence-electron chi connectivity index (χ0n) is 18.7. The second-order valence-corrected chi connectivity index (χ2v) is 10.4. The Balaban J connectivity index is 1.24. The molecule has 2 aliphatic carbocycles. The predicted molar refractivity (Wildman–Crippen MR) is 122 cm³/mol. The van der Waals surface area contributed by atoms with Crippen LogP contribution in [0.3, 0.4) is 0 Å². The number of rotatable bonds is 4. The van der Waals surface area contributed by atoms with E-state index < -0.39 is 12.7 Å². The molecule has 1 heterocycles. The Morgan fingerprint density at radius 3 is 2.22 bits per heavy atom. The van der Waals surface area contributed by atoms with E-state index in [1.807, 2.05) is 13.8 Å². The number of piperazine rings is 1. The molecular formula is C25H32F3N3O. The molecule has 2 atom stereocenters. The van der Waals surface area contributed by atoms with Gasteiger partial charge in [-0.1, -0.05) is 12.1 Å². The van der Waals surface area contributed by atoms with Crippen molar-refractivity contribution in [3.8, 4) is 0 Å². The SMILES string of the molecule is CC1CN(c2ccc3cc(NC4CC5(CC(O)C5)C4)ccc3c2)CC(C)N1CC(F)(F)F. The lowest BCUT2D eigenvalue weighted by atomic mass is 9.53. The van der Waals surface area contributed by atoms with Crippen LogP contribution in [0.4, 0.5) is 24.5 Å². The zero-order chi connectivity index (χ0) is 22.7. The summed E-state index contributed by atoms with van der Waals surface area (Å²) in [7, 11) is 0. The minimum absolute atomic E-state index is 0.0931. The summed E-state index contributed by atoms with van der Waals surface area (Å²) in [5.74, 6) is 0. The molecule has 3 fully saturated rings. The van der Waals surface area contributed by atoms with Crippen LogP contribution in [0.15, 0.2) is 36.4 Å². The molecule has 2 aromatic rings. The second kappa shape index (κ2) is 7.80. The van der Waals surface area contributed by atoms with Gasteiger partial charge in [0, 0.05) is 42.6 Å². The van der Waals surface area contributed by atoms with Gasteiger partial charge in [-0.15, -0.1) is 0 Å². The number of hydrogen-bond acceptors (Lipinski definition) is 4. The Hall–Kier alpha value is -1.99. The van der Waals surface area contributed by atoms with Crippen LogP contribution < -0.4 is 10.2 Å². The van der Waals surface area contributed by atoms with Gasteiger partial charge in [0.05, 0.1) is 12.6 Å². The predicted octanol–water partition coefficient (Wildman–Crippen LogP) is 5.02. The van der Waals surface area contributed by atoms with Gasteiger partial charge in [0.25, 0.3) is 0 Å². The largest absolute Gasteiger partial charge is 0.401 e. The van der Waals surface area contributed by atoms with Crippen molar-refractivity contribution in [3.05, 3.63) is 36.4 Å². The average Bonchev–Trinajstić information content (AvgIpc) is 2.66. The number of nitrogens with one attached hydrogen (secondary N) is 1. The summed E-state index contributed by atoms with van der Waals surface area (Å²) in [6, 6.07) is 12.9. The summed E-state index contributed by atoms with van der Waals surface area (Å²) in [6.07, 6.45) is -0.0844. The molecule has 4 nitrogen and oxygen atoms in total. The van der Waals surface area contributed by atoms with Crippen LogP contribution in [-0.2, 0) is 0 Å². The summed E-state index contributed by atoms with van der Waals surface area (Å²) in [4.78, 5) is 3.76. The van der Waals surface area contributed by atoms with Gasteiger partial charge in [-0.2, -0.15) is 13.2 Å². The number of nitrogens with zero attached hydrogens (tertiary/aromatic N) is 2. The highest BCUT2D eigenvalue weighted by molar-refractivity contribution is 5.88. The number of anilines is 2. The van der Waals surface area contributed by atoms with Crippen LogP contribution in [0.2, 0.25) is 0 Å². The van der Waals surface area contributed by atoms with Crippen molar-refractivity contribution in [2.75, 3.05) is 29.9 Å². The van der Waals surface area contributed by atoms with Crippen molar-refractivity contribution in [1.29, 1.82) is 0 Å². The maximum atomic E-state index is 12.9. The number of benzene rings is 2. The van der Waals surface area contributed by atoms with Crippen LogP contribution in [0.25, 0.3) is 10.8 Å². The molecule has 7 heteroatoms. The number of halogens is 3. The third-order valence-corrected chi connectivity index (χ3v) is 7.72. The molecule has 174 valence electrons. The first kappa shape index (κ1) is 21.8. The van der Waals surface area contributed by atoms with Crippen molar-refractivity contribution in [1.82, 2.24) is 4.90 Å². The Bertz CT molecular complexity index is 968. The smallest absolute Gasteiger partial charge is 0.393 e. The molecule has 2 saturated carbocycles. The van der Waals surface area contributed by atoms with Crippen molar-refractivity contribution < 1.29 is 18.3 Å². The summed E-state index contributed by atoms with van der Waals surface area (Å²) >= 11 is 0. The Morgan fingerprint density at radius 1 is 0.969 bits per heavy atom. The molecule has 1 spiro atoms. The summed E-state index contributed by atoms with van der Waals surface area (Å²) in [6.45, 7) is 4.08. The van der Waals surface area contributed by atoms with E-state index in [1.165, 1.54) is 0 Å². The second-order valence-electron chi connectivity index (χ2n) is 10.4. The van der Waals surface area contributed by atoms with Crippen LogP contribution in [0, 0.1) is 5.41 Å². The fourth-order valence-corrected chi connectivity index (χ4v) is 6.20. The van der Waals surface area contributed by atoms with Crippen molar-refractivity contribution in [3.63, 3.8) is 0 Å². The maximum absolute atomic E-state index is 12.9. The lowest BCUT2D eigenvalue weighted by Crippen LogP contribution is -2.58. The number of aliphatic hydroxyl groups is 1. The van der Waals surface area contributed by atoms with Crippen molar-refractivity contribution in [2.45, 2.75) is 69.9 Å². The molecule has 0 radical (unpaired) electrons. The van der Waals surface area contributed by atoms with Gasteiger partial charge in [-0.3, -0.25) is 4.90 Å². The Labute approximate surface area is 187 Å². The highest BCUT2D eigenvalue weighted by Gasteiger charge is 2.52. The van der Waals surface area contributed by atoms with E-state index >= 15 is 0 Å². The van der Waals surface area contributed by atoms with E-state index in [0.717, 1.165) is 47.8 Å². The highest BCUT2D eigenvalue weighted by Crippen LogP contribution is 2.56. The first-order valence-electron chi connectivity index (χ1n) is 11.7. The van der Waals surface area contributed by atoms with Gasteiger partial charge in [-0.05, 0) is 80.0 Å². The van der Waals surface area contributed by atoms with Gasteiger partial charge in [-0.25, -0.2) is 0 Å². The van der Waals surface area contributed by atoms with Gasteiger partial charge in [0.15, 0.2) is 0 Å². The fourth-order valence-electron chi connectivity index (χ4n) is 6.20. The molecular weight excluding hydrogens is 415 g/mol. The van der Waals surface area contributed by atoms with Crippen LogP contribution >= 0.6 is 0 Å². The first-order chi connectivity index (χ1) is 15.1. The third kappa shape index (κ3) is 4.29. The first-order valence-corrected chi connectivity index (χ1v) is 11.7. The molecule has 0 bridgehead atoms. The fraction of sp³-hybridized carbons (Fsp3) is 0.600. The molecule has 32 heavy (non-hydrogen) atoms. The number of hydrogen-bond donors (Lipinski definition) is 2. The van der Waals surface area contributed by atoms with Gasteiger partial charge < -0.3 is 15.3 Å². The quantitative estimate of drug-likeness (QED) is 0.691. The monoisotopic (exact) mass is 447 g/mol. The van der Waals surface area contributed by atoms with E-state index in [9.17, 15) is 18.3 Å². The molecule has 3 aliphatic rings. The Kier molecular flexibility index (Phi) is 5.32. The molecule has 2 N–H and O–H groups in total. The maximum Gasteiger partial charge on any atom is 0.401 e. The molecule has 2 unspecified atom stereocenters. The third-order valence-electron chi connectivity index (χ3n) is 7.72. The number of fused-ring (bicyclic) bond motifs is 1. The van der Waals surface area contributed by atoms with E-state index in [2.05, 4.69) is 46.6 Å². The van der Waals surface area contributed by atoms with E-state index in [0.29, 0.717) is 24.5 Å². The normalized spacial score (nSPS) is 33.2. The molecule has 2 aromatic carbocycles. The highest BCUT2D eigenvalue weighted by atomic mass is 19.4. The molecule has 5 rings (SSSR count).